The van der Waals surface area contributed by atoms with Gasteiger partial charge in [0.05, 0.1) is 6.10 Å². The van der Waals surface area contributed by atoms with E-state index in [1.807, 2.05) is 0 Å². The van der Waals surface area contributed by atoms with Crippen LogP contribution in [0, 0.1) is 0 Å². The topological polar surface area (TPSA) is 56.8 Å². The molecule has 0 atom stereocenters. The highest BCUT2D eigenvalue weighted by atomic mass is 16.5. The number of likely N-dealkylation sites (N-methyl/N-ethyl adjacent to an activating group) is 1. The first-order valence-electron chi connectivity index (χ1n) is 7.74. The van der Waals surface area contributed by atoms with Crippen LogP contribution in [0.2, 0.25) is 0 Å². The molecule has 2 fully saturated rings. The molecule has 116 valence electrons. The van der Waals surface area contributed by atoms with Gasteiger partial charge >= 0.3 is 0 Å². The van der Waals surface area contributed by atoms with E-state index in [1.54, 1.807) is 0 Å². The molecule has 2 heterocycles. The van der Waals surface area contributed by atoms with Gasteiger partial charge in [0.25, 0.3) is 0 Å². The highest BCUT2D eigenvalue weighted by Crippen LogP contribution is 2.06. The third-order valence-electron chi connectivity index (χ3n) is 4.08. The SMILES string of the molecule is CN1CCN(CCNC(=O)COC2CCNCC2)CC1. The van der Waals surface area contributed by atoms with E-state index in [2.05, 4.69) is 27.5 Å². The molecular weight excluding hydrogens is 256 g/mol. The quantitative estimate of drug-likeness (QED) is 0.663. The number of piperazine rings is 1. The number of hydrogen-bond donors (Lipinski definition) is 2. The Hall–Kier alpha value is -0.690. The molecule has 2 N–H and O–H groups in total. The molecule has 2 rings (SSSR count). The zero-order chi connectivity index (χ0) is 14.2. The van der Waals surface area contributed by atoms with E-state index < -0.39 is 0 Å². The predicted molar refractivity (Wildman–Crippen MR) is 78.8 cm³/mol. The van der Waals surface area contributed by atoms with Gasteiger partial charge < -0.3 is 20.3 Å². The summed E-state index contributed by atoms with van der Waals surface area (Å²) in [5, 5.41) is 6.23. The van der Waals surface area contributed by atoms with Crippen LogP contribution in [0.3, 0.4) is 0 Å². The third kappa shape index (κ3) is 5.75. The van der Waals surface area contributed by atoms with E-state index in [1.165, 1.54) is 0 Å². The van der Waals surface area contributed by atoms with Crippen LogP contribution < -0.4 is 10.6 Å². The van der Waals surface area contributed by atoms with Crippen molar-refractivity contribution in [3.05, 3.63) is 0 Å². The summed E-state index contributed by atoms with van der Waals surface area (Å²) < 4.78 is 5.63. The standard InChI is InChI=1S/C14H28N4O2/c1-17-8-10-18(11-9-17)7-6-16-14(19)12-20-13-2-4-15-5-3-13/h13,15H,2-12H2,1H3,(H,16,19). The van der Waals surface area contributed by atoms with Gasteiger partial charge in [0, 0.05) is 39.3 Å². The molecule has 20 heavy (non-hydrogen) atoms. The summed E-state index contributed by atoms with van der Waals surface area (Å²) >= 11 is 0. The fraction of sp³-hybridized carbons (Fsp3) is 0.929. The summed E-state index contributed by atoms with van der Waals surface area (Å²) in [6.45, 7) is 8.28. The smallest absolute Gasteiger partial charge is 0.246 e. The van der Waals surface area contributed by atoms with E-state index >= 15 is 0 Å². The van der Waals surface area contributed by atoms with Crippen LogP contribution >= 0.6 is 0 Å². The first kappa shape index (κ1) is 15.7. The zero-order valence-corrected chi connectivity index (χ0v) is 12.6. The molecule has 0 unspecified atom stereocenters. The van der Waals surface area contributed by atoms with Crippen molar-refractivity contribution in [3.8, 4) is 0 Å². The lowest BCUT2D eigenvalue weighted by Gasteiger charge is -2.32. The van der Waals surface area contributed by atoms with E-state index in [4.69, 9.17) is 4.74 Å². The van der Waals surface area contributed by atoms with Crippen molar-refractivity contribution in [2.75, 3.05) is 66.0 Å². The summed E-state index contributed by atoms with van der Waals surface area (Å²) in [5.41, 5.74) is 0. The summed E-state index contributed by atoms with van der Waals surface area (Å²) in [6, 6.07) is 0. The largest absolute Gasteiger partial charge is 0.368 e. The van der Waals surface area contributed by atoms with Crippen LogP contribution in [0.25, 0.3) is 0 Å². The number of nitrogens with zero attached hydrogens (tertiary/aromatic N) is 2. The van der Waals surface area contributed by atoms with Gasteiger partial charge in [-0.05, 0) is 33.0 Å². The first-order chi connectivity index (χ1) is 9.74. The Morgan fingerprint density at radius 1 is 1.25 bits per heavy atom. The van der Waals surface area contributed by atoms with Crippen LogP contribution in [0.5, 0.6) is 0 Å². The van der Waals surface area contributed by atoms with Crippen LogP contribution in [-0.4, -0.2) is 87.8 Å². The molecule has 0 saturated carbocycles. The Bertz CT molecular complexity index is 287. The number of rotatable bonds is 6. The van der Waals surface area contributed by atoms with Crippen LogP contribution in [-0.2, 0) is 9.53 Å². The second kappa shape index (κ2) is 8.56. The lowest BCUT2D eigenvalue weighted by molar-refractivity contribution is -0.128. The minimum Gasteiger partial charge on any atom is -0.368 e. The summed E-state index contributed by atoms with van der Waals surface area (Å²) in [6.07, 6.45) is 2.27. The average molecular weight is 284 g/mol. The summed E-state index contributed by atoms with van der Waals surface area (Å²) in [5.74, 6) is 0.0117. The van der Waals surface area contributed by atoms with Gasteiger partial charge in [0.15, 0.2) is 0 Å². The van der Waals surface area contributed by atoms with Crippen molar-refractivity contribution in [3.63, 3.8) is 0 Å². The Kier molecular flexibility index (Phi) is 6.72. The van der Waals surface area contributed by atoms with E-state index in [0.29, 0.717) is 0 Å². The number of amides is 1. The van der Waals surface area contributed by atoms with Gasteiger partial charge in [-0.1, -0.05) is 0 Å². The van der Waals surface area contributed by atoms with Crippen molar-refractivity contribution in [1.29, 1.82) is 0 Å². The Morgan fingerprint density at radius 2 is 1.95 bits per heavy atom. The molecule has 2 aliphatic heterocycles. The maximum Gasteiger partial charge on any atom is 0.246 e. The number of carbonyl (C=O) groups excluding carboxylic acids is 1. The first-order valence-corrected chi connectivity index (χ1v) is 7.74. The fourth-order valence-corrected chi connectivity index (χ4v) is 2.63. The minimum atomic E-state index is 0.0117. The molecule has 0 bridgehead atoms. The Labute approximate surface area is 121 Å². The van der Waals surface area contributed by atoms with Crippen LogP contribution in [0.15, 0.2) is 0 Å². The van der Waals surface area contributed by atoms with Gasteiger partial charge in [0.1, 0.15) is 6.61 Å². The second-order valence-electron chi connectivity index (χ2n) is 5.76. The molecule has 2 aliphatic rings. The van der Waals surface area contributed by atoms with Gasteiger partial charge in [-0.2, -0.15) is 0 Å². The van der Waals surface area contributed by atoms with Gasteiger partial charge in [-0.25, -0.2) is 0 Å². The van der Waals surface area contributed by atoms with Crippen LogP contribution in [0.1, 0.15) is 12.8 Å². The number of piperidine rings is 1. The Balaban J connectivity index is 1.49. The van der Waals surface area contributed by atoms with E-state index in [0.717, 1.165) is 65.2 Å². The second-order valence-corrected chi connectivity index (χ2v) is 5.76. The molecule has 0 aromatic rings. The van der Waals surface area contributed by atoms with Gasteiger partial charge in [0.2, 0.25) is 5.91 Å². The minimum absolute atomic E-state index is 0.0117. The lowest BCUT2D eigenvalue weighted by Crippen LogP contribution is -2.47. The molecule has 0 radical (unpaired) electrons. The molecular formula is C14H28N4O2. The molecule has 1 amide bonds. The molecule has 0 aromatic heterocycles. The van der Waals surface area contributed by atoms with Gasteiger partial charge in [-0.3, -0.25) is 9.69 Å². The fourth-order valence-electron chi connectivity index (χ4n) is 2.63. The lowest BCUT2D eigenvalue weighted by atomic mass is 10.1. The monoisotopic (exact) mass is 284 g/mol. The predicted octanol–water partition coefficient (Wildman–Crippen LogP) is -0.881. The summed E-state index contributed by atoms with van der Waals surface area (Å²) in [4.78, 5) is 16.4. The zero-order valence-electron chi connectivity index (χ0n) is 12.6. The number of hydrogen-bond acceptors (Lipinski definition) is 5. The molecule has 0 aliphatic carbocycles. The third-order valence-corrected chi connectivity index (χ3v) is 4.08. The van der Waals surface area contributed by atoms with E-state index in [9.17, 15) is 4.79 Å². The molecule has 0 spiro atoms. The maximum atomic E-state index is 11.7. The molecule has 0 aromatic carbocycles. The highest BCUT2D eigenvalue weighted by molar-refractivity contribution is 5.77. The average Bonchev–Trinajstić information content (AvgIpc) is 2.48. The van der Waals surface area contributed by atoms with Crippen molar-refractivity contribution < 1.29 is 9.53 Å². The molecule has 2 saturated heterocycles. The highest BCUT2D eigenvalue weighted by Gasteiger charge is 2.15. The maximum absolute atomic E-state index is 11.7. The van der Waals surface area contributed by atoms with Crippen molar-refractivity contribution >= 4 is 5.91 Å². The molecule has 6 heteroatoms. The van der Waals surface area contributed by atoms with Crippen LogP contribution in [0.4, 0.5) is 0 Å². The number of carbonyl (C=O) groups is 1. The number of nitrogens with one attached hydrogen (secondary N) is 2. The molecule has 6 nitrogen and oxygen atoms in total. The van der Waals surface area contributed by atoms with Gasteiger partial charge in [-0.15, -0.1) is 0 Å². The van der Waals surface area contributed by atoms with Crippen molar-refractivity contribution in [2.24, 2.45) is 0 Å². The van der Waals surface area contributed by atoms with Crippen molar-refractivity contribution in [2.45, 2.75) is 18.9 Å². The normalized spacial score (nSPS) is 22.9. The van der Waals surface area contributed by atoms with Crippen molar-refractivity contribution in [1.82, 2.24) is 20.4 Å². The number of ether oxygens (including phenoxy) is 1. The van der Waals surface area contributed by atoms with E-state index in [-0.39, 0.29) is 18.6 Å². The Morgan fingerprint density at radius 3 is 2.65 bits per heavy atom. The summed E-state index contributed by atoms with van der Waals surface area (Å²) in [7, 11) is 2.15.